The predicted molar refractivity (Wildman–Crippen MR) is 89.8 cm³/mol. The molecular formula is C18H16F2N2O4. The Hall–Kier alpha value is -3.34. The largest absolute Gasteiger partial charge is 0.493 e. The number of benzene rings is 2. The molecule has 0 unspecified atom stereocenters. The lowest BCUT2D eigenvalue weighted by molar-refractivity contribution is -0.0512. The number of oxime groups is 1. The van der Waals surface area contributed by atoms with Crippen molar-refractivity contribution in [2.24, 2.45) is 5.16 Å². The zero-order valence-corrected chi connectivity index (χ0v) is 13.9. The van der Waals surface area contributed by atoms with Crippen LogP contribution in [0.15, 0.2) is 47.6 Å². The number of methoxy groups -OCH3 is 1. The van der Waals surface area contributed by atoms with E-state index in [0.717, 1.165) is 0 Å². The fraction of sp³-hybridized carbons (Fsp3) is 0.222. The predicted octanol–water partition coefficient (Wildman–Crippen LogP) is 3.60. The van der Waals surface area contributed by atoms with Gasteiger partial charge in [-0.25, -0.2) is 0 Å². The maximum Gasteiger partial charge on any atom is 0.387 e. The summed E-state index contributed by atoms with van der Waals surface area (Å²) < 4.78 is 39.3. The summed E-state index contributed by atoms with van der Waals surface area (Å²) in [6.07, 6.45) is 1.41. The molecule has 0 saturated heterocycles. The molecule has 136 valence electrons. The van der Waals surface area contributed by atoms with Gasteiger partial charge in [0.05, 0.1) is 25.0 Å². The first-order valence-corrected chi connectivity index (χ1v) is 7.53. The Kier molecular flexibility index (Phi) is 7.18. The summed E-state index contributed by atoms with van der Waals surface area (Å²) in [7, 11) is 1.35. The fourth-order valence-corrected chi connectivity index (χ4v) is 1.93. The molecule has 0 aliphatic heterocycles. The van der Waals surface area contributed by atoms with Crippen LogP contribution < -0.4 is 14.2 Å². The Labute approximate surface area is 149 Å². The molecule has 2 aromatic rings. The van der Waals surface area contributed by atoms with Gasteiger partial charge in [-0.15, -0.1) is 0 Å². The number of nitriles is 1. The molecule has 2 aromatic carbocycles. The third kappa shape index (κ3) is 5.94. The van der Waals surface area contributed by atoms with E-state index in [2.05, 4.69) is 9.89 Å². The summed E-state index contributed by atoms with van der Waals surface area (Å²) in [5.74, 6) is 0.728. The topological polar surface area (TPSA) is 73.1 Å². The van der Waals surface area contributed by atoms with Crippen molar-refractivity contribution < 1.29 is 27.8 Å². The van der Waals surface area contributed by atoms with Crippen LogP contribution in [0.4, 0.5) is 8.78 Å². The van der Waals surface area contributed by atoms with Crippen molar-refractivity contribution in [3.63, 3.8) is 0 Å². The van der Waals surface area contributed by atoms with Crippen LogP contribution in [0.1, 0.15) is 11.1 Å². The van der Waals surface area contributed by atoms with Crippen LogP contribution >= 0.6 is 0 Å². The molecule has 0 radical (unpaired) electrons. The molecule has 0 N–H and O–H groups in total. The van der Waals surface area contributed by atoms with Gasteiger partial charge in [0.1, 0.15) is 12.4 Å². The summed E-state index contributed by atoms with van der Waals surface area (Å²) in [6, 6.07) is 13.1. The molecule has 0 spiro atoms. The number of ether oxygens (including phenoxy) is 3. The molecule has 2 rings (SSSR count). The van der Waals surface area contributed by atoms with Crippen LogP contribution in [0.5, 0.6) is 17.2 Å². The second-order valence-electron chi connectivity index (χ2n) is 4.84. The summed E-state index contributed by atoms with van der Waals surface area (Å²) >= 11 is 0. The lowest BCUT2D eigenvalue weighted by Gasteiger charge is -2.09. The van der Waals surface area contributed by atoms with E-state index in [1.54, 1.807) is 30.3 Å². The Morgan fingerprint density at radius 3 is 2.54 bits per heavy atom. The lowest BCUT2D eigenvalue weighted by Crippen LogP contribution is -2.04. The Morgan fingerprint density at radius 1 is 1.12 bits per heavy atom. The summed E-state index contributed by atoms with van der Waals surface area (Å²) in [5.41, 5.74) is 1.15. The monoisotopic (exact) mass is 362 g/mol. The first kappa shape index (κ1) is 19.0. The molecule has 0 saturated carbocycles. The van der Waals surface area contributed by atoms with Crippen molar-refractivity contribution in [3.05, 3.63) is 53.6 Å². The van der Waals surface area contributed by atoms with Crippen molar-refractivity contribution in [1.29, 1.82) is 5.26 Å². The average Bonchev–Trinajstić information content (AvgIpc) is 2.65. The molecule has 26 heavy (non-hydrogen) atoms. The Bertz CT molecular complexity index is 774. The van der Waals surface area contributed by atoms with Gasteiger partial charge in [0, 0.05) is 5.56 Å². The SMILES string of the molecule is COc1cc(C=NOCCOc2ccc(C#N)cc2)ccc1OC(F)F. The van der Waals surface area contributed by atoms with Crippen LogP contribution in [0.25, 0.3) is 0 Å². The standard InChI is InChI=1S/C18H16F2N2O4/c1-23-17-10-14(4-7-16(17)26-18(19)20)12-22-25-9-8-24-15-5-2-13(11-21)3-6-15/h2-7,10,12,18H,8-9H2,1H3. The molecule has 0 fully saturated rings. The molecule has 0 heterocycles. The first-order valence-electron chi connectivity index (χ1n) is 7.53. The smallest absolute Gasteiger partial charge is 0.387 e. The van der Waals surface area contributed by atoms with Crippen molar-refractivity contribution in [1.82, 2.24) is 0 Å². The highest BCUT2D eigenvalue weighted by Gasteiger charge is 2.10. The van der Waals surface area contributed by atoms with Gasteiger partial charge >= 0.3 is 6.61 Å². The van der Waals surface area contributed by atoms with Crippen molar-refractivity contribution in [2.45, 2.75) is 6.61 Å². The van der Waals surface area contributed by atoms with Gasteiger partial charge in [-0.05, 0) is 42.5 Å². The van der Waals surface area contributed by atoms with E-state index in [1.165, 1.54) is 25.5 Å². The number of rotatable bonds is 9. The van der Waals surface area contributed by atoms with Crippen molar-refractivity contribution in [2.75, 3.05) is 20.3 Å². The number of nitrogens with zero attached hydrogens (tertiary/aromatic N) is 2. The number of alkyl halides is 2. The zero-order chi connectivity index (χ0) is 18.8. The molecular weight excluding hydrogens is 346 g/mol. The van der Waals surface area contributed by atoms with E-state index in [1.807, 2.05) is 6.07 Å². The number of halogens is 2. The van der Waals surface area contributed by atoms with E-state index >= 15 is 0 Å². The van der Waals surface area contributed by atoms with Crippen LogP contribution in [0, 0.1) is 11.3 Å². The molecule has 0 aliphatic carbocycles. The van der Waals surface area contributed by atoms with Crippen LogP contribution in [0.2, 0.25) is 0 Å². The molecule has 8 heteroatoms. The van der Waals surface area contributed by atoms with E-state index in [-0.39, 0.29) is 24.7 Å². The minimum Gasteiger partial charge on any atom is -0.493 e. The third-order valence-electron chi connectivity index (χ3n) is 3.11. The molecule has 0 aromatic heterocycles. The normalized spacial score (nSPS) is 10.6. The molecule has 0 atom stereocenters. The minimum absolute atomic E-state index is 0.0589. The maximum atomic E-state index is 12.3. The van der Waals surface area contributed by atoms with Crippen LogP contribution in [0.3, 0.4) is 0 Å². The Balaban J connectivity index is 1.78. The second-order valence-corrected chi connectivity index (χ2v) is 4.84. The summed E-state index contributed by atoms with van der Waals surface area (Å²) in [5, 5.41) is 12.5. The van der Waals surface area contributed by atoms with Gasteiger partial charge in [0.25, 0.3) is 0 Å². The molecule has 0 amide bonds. The summed E-state index contributed by atoms with van der Waals surface area (Å²) in [6.45, 7) is -2.45. The average molecular weight is 362 g/mol. The van der Waals surface area contributed by atoms with E-state index < -0.39 is 6.61 Å². The highest BCUT2D eigenvalue weighted by Crippen LogP contribution is 2.28. The zero-order valence-electron chi connectivity index (χ0n) is 13.9. The molecule has 0 aliphatic rings. The lowest BCUT2D eigenvalue weighted by atomic mass is 10.2. The second kappa shape index (κ2) is 9.84. The van der Waals surface area contributed by atoms with E-state index in [9.17, 15) is 8.78 Å². The Morgan fingerprint density at radius 2 is 1.88 bits per heavy atom. The van der Waals surface area contributed by atoms with E-state index in [4.69, 9.17) is 19.6 Å². The number of hydrogen-bond donors (Lipinski definition) is 0. The van der Waals surface area contributed by atoms with Gasteiger partial charge < -0.3 is 19.0 Å². The molecule has 6 nitrogen and oxygen atoms in total. The fourth-order valence-electron chi connectivity index (χ4n) is 1.93. The minimum atomic E-state index is -2.93. The van der Waals surface area contributed by atoms with Gasteiger partial charge in [-0.2, -0.15) is 14.0 Å². The highest BCUT2D eigenvalue weighted by molar-refractivity contribution is 5.80. The van der Waals surface area contributed by atoms with Gasteiger partial charge in [0.15, 0.2) is 18.1 Å². The highest BCUT2D eigenvalue weighted by atomic mass is 19.3. The van der Waals surface area contributed by atoms with E-state index in [0.29, 0.717) is 16.9 Å². The molecule has 0 bridgehead atoms. The van der Waals surface area contributed by atoms with Crippen molar-refractivity contribution in [3.8, 4) is 23.3 Å². The van der Waals surface area contributed by atoms with Gasteiger partial charge in [0.2, 0.25) is 0 Å². The quantitative estimate of drug-likeness (QED) is 0.387. The van der Waals surface area contributed by atoms with Crippen LogP contribution in [-0.4, -0.2) is 33.1 Å². The first-order chi connectivity index (χ1) is 12.6. The van der Waals surface area contributed by atoms with Crippen LogP contribution in [-0.2, 0) is 4.84 Å². The summed E-state index contributed by atoms with van der Waals surface area (Å²) in [4.78, 5) is 5.07. The number of hydrogen-bond acceptors (Lipinski definition) is 6. The third-order valence-corrected chi connectivity index (χ3v) is 3.11. The maximum absolute atomic E-state index is 12.3. The van der Waals surface area contributed by atoms with Gasteiger partial charge in [-0.1, -0.05) is 5.16 Å². The van der Waals surface area contributed by atoms with Crippen molar-refractivity contribution >= 4 is 6.21 Å². The van der Waals surface area contributed by atoms with Gasteiger partial charge in [-0.3, -0.25) is 0 Å².